The van der Waals surface area contributed by atoms with Gasteiger partial charge in [0.15, 0.2) is 6.04 Å². The molecule has 1 aliphatic heterocycles. The summed E-state index contributed by atoms with van der Waals surface area (Å²) in [6, 6.07) is -1.93. The number of alkyl halides is 3. The molecule has 9 heteroatoms. The van der Waals surface area contributed by atoms with Gasteiger partial charge in [-0.2, -0.15) is 18.3 Å². The number of nitrogens with zero attached hydrogens (tertiary/aromatic N) is 3. The average Bonchev–Trinajstić information content (AvgIpc) is 2.91. The van der Waals surface area contributed by atoms with Gasteiger partial charge in [0, 0.05) is 13.2 Å². The normalized spacial score (nSPS) is 24.6. The predicted molar refractivity (Wildman–Crippen MR) is 66.3 cm³/mol. The second kappa shape index (κ2) is 6.42. The molecule has 3 atom stereocenters. The van der Waals surface area contributed by atoms with E-state index in [4.69, 9.17) is 4.74 Å². The molecule has 0 bridgehead atoms. The van der Waals surface area contributed by atoms with Crippen molar-refractivity contribution < 1.29 is 22.7 Å². The first-order valence-corrected chi connectivity index (χ1v) is 6.69. The van der Waals surface area contributed by atoms with Crippen LogP contribution in [0.15, 0.2) is 12.7 Å². The molecule has 3 unspecified atom stereocenters. The van der Waals surface area contributed by atoms with E-state index in [1.165, 1.54) is 0 Å². The molecule has 1 fully saturated rings. The van der Waals surface area contributed by atoms with E-state index in [9.17, 15) is 18.0 Å². The van der Waals surface area contributed by atoms with E-state index in [2.05, 4.69) is 15.4 Å². The lowest BCUT2D eigenvalue weighted by Crippen LogP contribution is -2.44. The molecular formula is C12H17F3N4O2. The van der Waals surface area contributed by atoms with Crippen LogP contribution in [0.25, 0.3) is 0 Å². The van der Waals surface area contributed by atoms with Crippen molar-refractivity contribution in [3.8, 4) is 0 Å². The summed E-state index contributed by atoms with van der Waals surface area (Å²) in [6.07, 6.45) is -1.44. The molecule has 21 heavy (non-hydrogen) atoms. The van der Waals surface area contributed by atoms with Crippen LogP contribution in [0.2, 0.25) is 0 Å². The van der Waals surface area contributed by atoms with Crippen molar-refractivity contribution in [3.63, 3.8) is 0 Å². The highest BCUT2D eigenvalue weighted by molar-refractivity contribution is 5.79. The van der Waals surface area contributed by atoms with Crippen molar-refractivity contribution in [2.75, 3.05) is 13.2 Å². The predicted octanol–water partition coefficient (Wildman–Crippen LogP) is 1.31. The first kappa shape index (κ1) is 15.7. The van der Waals surface area contributed by atoms with Crippen molar-refractivity contribution in [2.45, 2.75) is 38.1 Å². The largest absolute Gasteiger partial charge is 0.412 e. The first-order chi connectivity index (χ1) is 9.89. The van der Waals surface area contributed by atoms with Gasteiger partial charge in [0.25, 0.3) is 0 Å². The fraction of sp³-hybridized carbons (Fsp3) is 0.750. The lowest BCUT2D eigenvalue weighted by Gasteiger charge is -2.29. The summed E-state index contributed by atoms with van der Waals surface area (Å²) < 4.78 is 45.0. The standard InChI is InChI=1S/C12H17F3N4O2/c1-8-9(3-2-4-21-8)11(20)17-5-10(12(13,14)15)19-7-16-6-18-19/h6-10H,2-5H2,1H3,(H,17,20). The Bertz CT molecular complexity index is 464. The molecule has 0 radical (unpaired) electrons. The molecule has 1 aromatic rings. The van der Waals surface area contributed by atoms with Gasteiger partial charge in [-0.05, 0) is 19.8 Å². The minimum Gasteiger partial charge on any atom is -0.378 e. The molecule has 1 saturated heterocycles. The van der Waals surface area contributed by atoms with E-state index in [1.807, 2.05) is 0 Å². The Morgan fingerprint density at radius 3 is 2.90 bits per heavy atom. The molecule has 0 aromatic carbocycles. The molecule has 0 spiro atoms. The number of halogens is 3. The minimum absolute atomic E-state index is 0.283. The van der Waals surface area contributed by atoms with Crippen LogP contribution in [0.4, 0.5) is 13.2 Å². The van der Waals surface area contributed by atoms with Crippen LogP contribution in [0.1, 0.15) is 25.8 Å². The molecule has 1 amide bonds. The molecule has 2 rings (SSSR count). The van der Waals surface area contributed by atoms with Gasteiger partial charge in [0.2, 0.25) is 5.91 Å². The summed E-state index contributed by atoms with van der Waals surface area (Å²) in [7, 11) is 0. The van der Waals surface area contributed by atoms with Crippen molar-refractivity contribution in [2.24, 2.45) is 5.92 Å². The molecule has 1 aromatic heterocycles. The maximum Gasteiger partial charge on any atom is 0.412 e. The van der Waals surface area contributed by atoms with E-state index >= 15 is 0 Å². The van der Waals surface area contributed by atoms with E-state index in [1.54, 1.807) is 6.92 Å². The monoisotopic (exact) mass is 306 g/mol. The highest BCUT2D eigenvalue weighted by Gasteiger charge is 2.42. The van der Waals surface area contributed by atoms with Gasteiger partial charge in [-0.3, -0.25) is 4.79 Å². The zero-order valence-corrected chi connectivity index (χ0v) is 11.5. The molecule has 1 N–H and O–H groups in total. The summed E-state index contributed by atoms with van der Waals surface area (Å²) in [5.41, 5.74) is 0. The number of hydrogen-bond acceptors (Lipinski definition) is 4. The number of amides is 1. The van der Waals surface area contributed by atoms with Gasteiger partial charge >= 0.3 is 6.18 Å². The van der Waals surface area contributed by atoms with Crippen LogP contribution in [0.5, 0.6) is 0 Å². The van der Waals surface area contributed by atoms with E-state index in [-0.39, 0.29) is 6.10 Å². The van der Waals surface area contributed by atoms with Crippen LogP contribution >= 0.6 is 0 Å². The molecule has 1 aliphatic rings. The summed E-state index contributed by atoms with van der Waals surface area (Å²) >= 11 is 0. The van der Waals surface area contributed by atoms with Crippen LogP contribution in [-0.2, 0) is 9.53 Å². The van der Waals surface area contributed by atoms with Gasteiger partial charge in [0.1, 0.15) is 12.7 Å². The zero-order chi connectivity index (χ0) is 15.5. The molecule has 0 aliphatic carbocycles. The molecular weight excluding hydrogens is 289 g/mol. The van der Waals surface area contributed by atoms with Gasteiger partial charge in [-0.25, -0.2) is 9.67 Å². The molecule has 0 saturated carbocycles. The maximum absolute atomic E-state index is 13.0. The number of rotatable bonds is 4. The summed E-state index contributed by atoms with van der Waals surface area (Å²) in [4.78, 5) is 15.5. The van der Waals surface area contributed by atoms with Gasteiger partial charge < -0.3 is 10.1 Å². The Morgan fingerprint density at radius 1 is 1.57 bits per heavy atom. The number of carbonyl (C=O) groups is 1. The van der Waals surface area contributed by atoms with E-state index in [0.29, 0.717) is 17.7 Å². The SMILES string of the molecule is CC1OCCCC1C(=O)NCC(n1cncn1)C(F)(F)F. The third-order valence-electron chi connectivity index (χ3n) is 3.55. The van der Waals surface area contributed by atoms with Gasteiger partial charge in [0.05, 0.1) is 12.0 Å². The topological polar surface area (TPSA) is 69.0 Å². The number of carbonyl (C=O) groups excluding carboxylic acids is 1. The first-order valence-electron chi connectivity index (χ1n) is 6.69. The smallest absolute Gasteiger partial charge is 0.378 e. The minimum atomic E-state index is -4.52. The number of ether oxygens (including phenoxy) is 1. The van der Waals surface area contributed by atoms with Crippen molar-refractivity contribution in [1.82, 2.24) is 20.1 Å². The van der Waals surface area contributed by atoms with Crippen molar-refractivity contribution in [3.05, 3.63) is 12.7 Å². The summed E-state index contributed by atoms with van der Waals surface area (Å²) in [6.45, 7) is 1.76. The van der Waals surface area contributed by atoms with Crippen molar-refractivity contribution in [1.29, 1.82) is 0 Å². The quantitative estimate of drug-likeness (QED) is 0.911. The lowest BCUT2D eigenvalue weighted by atomic mass is 9.94. The summed E-state index contributed by atoms with van der Waals surface area (Å²) in [5.74, 6) is -0.833. The molecule has 6 nitrogen and oxygen atoms in total. The highest BCUT2D eigenvalue weighted by Crippen LogP contribution is 2.29. The van der Waals surface area contributed by atoms with Crippen LogP contribution in [0.3, 0.4) is 0 Å². The van der Waals surface area contributed by atoms with Gasteiger partial charge in [-0.1, -0.05) is 0 Å². The number of nitrogens with one attached hydrogen (secondary N) is 1. The van der Waals surface area contributed by atoms with Gasteiger partial charge in [-0.15, -0.1) is 0 Å². The van der Waals surface area contributed by atoms with Crippen molar-refractivity contribution >= 4 is 5.91 Å². The van der Waals surface area contributed by atoms with Crippen LogP contribution in [0, 0.1) is 5.92 Å². The second-order valence-corrected chi connectivity index (χ2v) is 5.00. The third-order valence-corrected chi connectivity index (χ3v) is 3.55. The van der Waals surface area contributed by atoms with Crippen LogP contribution < -0.4 is 5.32 Å². The Kier molecular flexibility index (Phi) is 4.81. The van der Waals surface area contributed by atoms with Crippen LogP contribution in [-0.4, -0.2) is 46.1 Å². The Hall–Kier alpha value is -1.64. The second-order valence-electron chi connectivity index (χ2n) is 5.00. The highest BCUT2D eigenvalue weighted by atomic mass is 19.4. The Balaban J connectivity index is 1.97. The lowest BCUT2D eigenvalue weighted by molar-refractivity contribution is -0.170. The molecule has 118 valence electrons. The number of aromatic nitrogens is 3. The molecule has 2 heterocycles. The summed E-state index contributed by atoms with van der Waals surface area (Å²) in [5, 5.41) is 5.85. The van der Waals surface area contributed by atoms with E-state index < -0.39 is 30.6 Å². The maximum atomic E-state index is 13.0. The zero-order valence-electron chi connectivity index (χ0n) is 11.5. The third kappa shape index (κ3) is 3.93. The number of hydrogen-bond donors (Lipinski definition) is 1. The Labute approximate surface area is 119 Å². The van der Waals surface area contributed by atoms with E-state index in [0.717, 1.165) is 19.1 Å². The average molecular weight is 306 g/mol. The fourth-order valence-electron chi connectivity index (χ4n) is 2.33. The fourth-order valence-corrected chi connectivity index (χ4v) is 2.33. The Morgan fingerprint density at radius 2 is 2.33 bits per heavy atom.